The average Bonchev–Trinajstić information content (AvgIpc) is 2.86. The first-order valence-electron chi connectivity index (χ1n) is 8.37. The Balaban J connectivity index is 0.00000121. The Morgan fingerprint density at radius 3 is 2.54 bits per heavy atom. The van der Waals surface area contributed by atoms with Crippen LogP contribution >= 0.6 is 24.8 Å². The smallest absolute Gasteiger partial charge is 0.369 e. The number of piperidine rings is 1. The van der Waals surface area contributed by atoms with E-state index in [9.17, 15) is 13.2 Å². The minimum absolute atomic E-state index is 0. The van der Waals surface area contributed by atoms with Crippen molar-refractivity contribution in [3.8, 4) is 0 Å². The molecule has 5 rings (SSSR count). The SMILES string of the molecule is Cc1cc(N2C[C@H]3CC[C@@H](C2)NC3)c2ccc(C(F)(F)F)cc2n1.Cl.Cl. The van der Waals surface area contributed by atoms with Crippen molar-refractivity contribution in [3.63, 3.8) is 0 Å². The molecule has 3 fully saturated rings. The molecule has 3 aliphatic heterocycles. The Labute approximate surface area is 163 Å². The van der Waals surface area contributed by atoms with Crippen LogP contribution in [0.1, 0.15) is 24.1 Å². The molecule has 0 amide bonds. The van der Waals surface area contributed by atoms with E-state index in [0.717, 1.165) is 48.5 Å². The van der Waals surface area contributed by atoms with Crippen LogP contribution in [-0.4, -0.2) is 30.7 Å². The number of nitrogens with zero attached hydrogens (tertiary/aromatic N) is 2. The largest absolute Gasteiger partial charge is 0.416 e. The Kier molecular flexibility index (Phi) is 6.31. The van der Waals surface area contributed by atoms with Crippen molar-refractivity contribution in [2.24, 2.45) is 5.92 Å². The maximum atomic E-state index is 13.0. The fraction of sp³-hybridized carbons (Fsp3) is 0.500. The molecule has 3 aliphatic rings. The van der Waals surface area contributed by atoms with Gasteiger partial charge in [0.25, 0.3) is 0 Å². The molecule has 2 aromatic rings. The predicted molar refractivity (Wildman–Crippen MR) is 103 cm³/mol. The highest BCUT2D eigenvalue weighted by atomic mass is 35.5. The number of rotatable bonds is 1. The van der Waals surface area contributed by atoms with Crippen LogP contribution < -0.4 is 10.2 Å². The van der Waals surface area contributed by atoms with Gasteiger partial charge < -0.3 is 10.2 Å². The Morgan fingerprint density at radius 1 is 1.12 bits per heavy atom. The van der Waals surface area contributed by atoms with Crippen LogP contribution in [0.2, 0.25) is 0 Å². The molecule has 1 N–H and O–H groups in total. The first-order valence-corrected chi connectivity index (χ1v) is 8.37. The van der Waals surface area contributed by atoms with Gasteiger partial charge in [-0.2, -0.15) is 13.2 Å². The molecule has 144 valence electrons. The number of aromatic nitrogens is 1. The van der Waals surface area contributed by atoms with Gasteiger partial charge in [0.15, 0.2) is 0 Å². The summed E-state index contributed by atoms with van der Waals surface area (Å²) in [5, 5.41) is 4.37. The van der Waals surface area contributed by atoms with E-state index < -0.39 is 11.7 Å². The number of anilines is 1. The quantitative estimate of drug-likeness (QED) is 0.748. The lowest BCUT2D eigenvalue weighted by atomic mass is 9.97. The molecule has 2 atom stereocenters. The van der Waals surface area contributed by atoms with Gasteiger partial charge in [0.05, 0.1) is 11.1 Å². The summed E-state index contributed by atoms with van der Waals surface area (Å²) in [4.78, 5) is 6.67. The summed E-state index contributed by atoms with van der Waals surface area (Å²) in [5.41, 5.74) is 1.54. The van der Waals surface area contributed by atoms with E-state index in [1.54, 1.807) is 6.07 Å². The van der Waals surface area contributed by atoms with Crippen molar-refractivity contribution < 1.29 is 13.2 Å². The predicted octanol–water partition coefficient (Wildman–Crippen LogP) is 4.59. The molecule has 4 heterocycles. The maximum Gasteiger partial charge on any atom is 0.416 e. The van der Waals surface area contributed by atoms with Crippen LogP contribution in [0.4, 0.5) is 18.9 Å². The lowest BCUT2D eigenvalue weighted by molar-refractivity contribution is -0.137. The van der Waals surface area contributed by atoms with E-state index in [-0.39, 0.29) is 24.8 Å². The van der Waals surface area contributed by atoms with Crippen LogP contribution in [0.15, 0.2) is 24.3 Å². The van der Waals surface area contributed by atoms with Crippen molar-refractivity contribution in [2.45, 2.75) is 32.0 Å². The molecule has 8 heteroatoms. The maximum absolute atomic E-state index is 13.0. The molecule has 1 aromatic heterocycles. The van der Waals surface area contributed by atoms with E-state index in [4.69, 9.17) is 0 Å². The molecule has 26 heavy (non-hydrogen) atoms. The molecule has 0 aliphatic carbocycles. The highest BCUT2D eigenvalue weighted by molar-refractivity contribution is 5.92. The van der Waals surface area contributed by atoms with E-state index in [2.05, 4.69) is 15.2 Å². The topological polar surface area (TPSA) is 28.2 Å². The lowest BCUT2D eigenvalue weighted by Crippen LogP contribution is -2.39. The fourth-order valence-corrected chi connectivity index (χ4v) is 3.91. The lowest BCUT2D eigenvalue weighted by Gasteiger charge is -2.26. The van der Waals surface area contributed by atoms with Crippen molar-refractivity contribution in [1.82, 2.24) is 10.3 Å². The summed E-state index contributed by atoms with van der Waals surface area (Å²) in [6.45, 7) is 4.72. The number of halogens is 5. The Morgan fingerprint density at radius 2 is 1.88 bits per heavy atom. The van der Waals surface area contributed by atoms with Crippen molar-refractivity contribution in [2.75, 3.05) is 24.5 Å². The van der Waals surface area contributed by atoms with Gasteiger partial charge >= 0.3 is 6.18 Å². The number of benzene rings is 1. The Bertz CT molecular complexity index is 760. The molecule has 0 unspecified atom stereocenters. The molecule has 2 bridgehead atoms. The zero-order valence-electron chi connectivity index (χ0n) is 14.3. The number of hydrogen-bond donors (Lipinski definition) is 1. The molecule has 1 aromatic carbocycles. The van der Waals surface area contributed by atoms with E-state index in [1.165, 1.54) is 12.8 Å². The van der Waals surface area contributed by atoms with E-state index in [1.807, 2.05) is 13.0 Å². The number of fused-ring (bicyclic) bond motifs is 5. The summed E-state index contributed by atoms with van der Waals surface area (Å²) in [5.74, 6) is 0.599. The zero-order chi connectivity index (χ0) is 16.9. The molecular formula is C18H22Cl2F3N3. The highest BCUT2D eigenvalue weighted by Gasteiger charge is 2.32. The van der Waals surface area contributed by atoms with Crippen LogP contribution in [0.5, 0.6) is 0 Å². The summed E-state index contributed by atoms with van der Waals surface area (Å²) >= 11 is 0. The molecule has 3 nitrogen and oxygen atoms in total. The first-order chi connectivity index (χ1) is 11.4. The molecule has 0 radical (unpaired) electrons. The fourth-order valence-electron chi connectivity index (χ4n) is 3.91. The summed E-state index contributed by atoms with van der Waals surface area (Å²) < 4.78 is 39.0. The van der Waals surface area contributed by atoms with Crippen LogP contribution in [-0.2, 0) is 6.18 Å². The minimum atomic E-state index is -4.34. The third-order valence-corrected chi connectivity index (χ3v) is 5.12. The number of nitrogens with one attached hydrogen (secondary N) is 1. The van der Waals surface area contributed by atoms with Gasteiger partial charge in [0.2, 0.25) is 0 Å². The summed E-state index contributed by atoms with van der Waals surface area (Å²) in [6.07, 6.45) is -1.96. The molecule has 0 spiro atoms. The van der Waals surface area contributed by atoms with Gasteiger partial charge in [0.1, 0.15) is 0 Å². The van der Waals surface area contributed by atoms with Crippen molar-refractivity contribution in [3.05, 3.63) is 35.5 Å². The number of hydrogen-bond acceptors (Lipinski definition) is 3. The monoisotopic (exact) mass is 407 g/mol. The second kappa shape index (κ2) is 7.79. The molecule has 3 saturated heterocycles. The molecule has 0 saturated carbocycles. The van der Waals surface area contributed by atoms with Crippen molar-refractivity contribution >= 4 is 41.4 Å². The third kappa shape index (κ3) is 4.02. The minimum Gasteiger partial charge on any atom is -0.369 e. The van der Waals surface area contributed by atoms with Gasteiger partial charge in [-0.25, -0.2) is 0 Å². The van der Waals surface area contributed by atoms with Gasteiger partial charge in [-0.05, 0) is 50.4 Å². The third-order valence-electron chi connectivity index (χ3n) is 5.12. The normalized spacial score (nSPS) is 22.5. The van der Waals surface area contributed by atoms with Gasteiger partial charge in [-0.3, -0.25) is 4.98 Å². The van der Waals surface area contributed by atoms with Gasteiger partial charge in [-0.1, -0.05) is 6.07 Å². The van der Waals surface area contributed by atoms with Gasteiger partial charge in [0, 0.05) is 35.9 Å². The first kappa shape index (κ1) is 21.1. The van der Waals surface area contributed by atoms with Crippen LogP contribution in [0, 0.1) is 12.8 Å². The highest BCUT2D eigenvalue weighted by Crippen LogP contribution is 2.35. The second-order valence-electron chi connectivity index (χ2n) is 6.97. The summed E-state index contributed by atoms with van der Waals surface area (Å²) in [7, 11) is 0. The molecular weight excluding hydrogens is 386 g/mol. The average molecular weight is 408 g/mol. The zero-order valence-corrected chi connectivity index (χ0v) is 16.0. The van der Waals surface area contributed by atoms with Gasteiger partial charge in [-0.15, -0.1) is 24.8 Å². The van der Waals surface area contributed by atoms with Crippen LogP contribution in [0.3, 0.4) is 0 Å². The van der Waals surface area contributed by atoms with Crippen LogP contribution in [0.25, 0.3) is 10.9 Å². The summed E-state index contributed by atoms with van der Waals surface area (Å²) in [6, 6.07) is 6.35. The standard InChI is InChI=1S/C18H20F3N3.2ClH/c1-11-6-17(24-9-12-2-4-14(10-24)22-8-12)15-5-3-13(18(19,20)21)7-16(15)23-11;;/h3,5-7,12,14,22H,2,4,8-10H2,1H3;2*1H/t12-,14-;;/m0../s1. The Hall–Kier alpha value is -1.24. The number of alkyl halides is 3. The number of pyridine rings is 1. The van der Waals surface area contributed by atoms with E-state index in [0.29, 0.717) is 17.5 Å². The van der Waals surface area contributed by atoms with E-state index >= 15 is 0 Å². The van der Waals surface area contributed by atoms with Crippen molar-refractivity contribution in [1.29, 1.82) is 0 Å². The number of aryl methyl sites for hydroxylation is 1. The second-order valence-corrected chi connectivity index (χ2v) is 6.97.